The van der Waals surface area contributed by atoms with Crippen LogP contribution >= 0.6 is 0 Å². The van der Waals surface area contributed by atoms with Crippen molar-refractivity contribution in [2.75, 3.05) is 0 Å². The van der Waals surface area contributed by atoms with Gasteiger partial charge in [-0.05, 0) is 87.3 Å². The summed E-state index contributed by atoms with van der Waals surface area (Å²) in [4.78, 5) is 0. The Balaban J connectivity index is 1.09. The van der Waals surface area contributed by atoms with Crippen LogP contribution < -0.4 is 0 Å². The minimum Gasteiger partial charge on any atom is -0.454 e. The average Bonchev–Trinajstić information content (AvgIpc) is 3.95. The molecule has 0 bridgehead atoms. The standard InChI is InChI=1S/C54H32N2O/c1-2-14-35(15-3-1)55-45-23-11-8-18-39(45)44-32-34(28-31-47(44)55)33-26-29-36(30-27-33)56-46-24-12-9-21-42(46)51-49-40-19-6-4-16-37(40)38-17-5-7-20-41(38)50(49)52-43-22-10-13-25-48(43)57-54(52)53(51)56/h1-32H. The van der Waals surface area contributed by atoms with Gasteiger partial charge in [-0.15, -0.1) is 0 Å². The fraction of sp³-hybridized carbons (Fsp3) is 0. The third-order valence-corrected chi connectivity index (χ3v) is 12.3. The molecule has 264 valence electrons. The molecule has 3 aromatic heterocycles. The smallest absolute Gasteiger partial charge is 0.160 e. The van der Waals surface area contributed by atoms with Gasteiger partial charge in [-0.3, -0.25) is 0 Å². The third-order valence-electron chi connectivity index (χ3n) is 12.3. The highest BCUT2D eigenvalue weighted by atomic mass is 16.3. The molecule has 3 heterocycles. The number of fused-ring (bicyclic) bond motifs is 18. The minimum atomic E-state index is 0.898. The van der Waals surface area contributed by atoms with Crippen molar-refractivity contribution in [2.24, 2.45) is 0 Å². The molecule has 3 nitrogen and oxygen atoms in total. The molecule has 0 aliphatic carbocycles. The maximum atomic E-state index is 7.01. The van der Waals surface area contributed by atoms with Gasteiger partial charge in [-0.2, -0.15) is 0 Å². The molecule has 0 spiro atoms. The van der Waals surface area contributed by atoms with Crippen LogP contribution in [0.2, 0.25) is 0 Å². The van der Waals surface area contributed by atoms with Crippen molar-refractivity contribution in [1.29, 1.82) is 0 Å². The number of aromatic nitrogens is 2. The fourth-order valence-corrected chi connectivity index (χ4v) is 9.91. The van der Waals surface area contributed by atoms with Crippen molar-refractivity contribution < 1.29 is 4.42 Å². The van der Waals surface area contributed by atoms with Crippen LogP contribution in [0.25, 0.3) is 120 Å². The summed E-state index contributed by atoms with van der Waals surface area (Å²) >= 11 is 0. The Morgan fingerprint density at radius 1 is 0.298 bits per heavy atom. The highest BCUT2D eigenvalue weighted by Crippen LogP contribution is 2.50. The second-order valence-corrected chi connectivity index (χ2v) is 15.2. The van der Waals surface area contributed by atoms with Crippen LogP contribution in [0.1, 0.15) is 0 Å². The van der Waals surface area contributed by atoms with Crippen molar-refractivity contribution >= 4 is 97.9 Å². The van der Waals surface area contributed by atoms with Gasteiger partial charge in [0.2, 0.25) is 0 Å². The van der Waals surface area contributed by atoms with Crippen LogP contribution in [0.3, 0.4) is 0 Å². The number of hydrogen-bond acceptors (Lipinski definition) is 1. The van der Waals surface area contributed by atoms with Crippen molar-refractivity contribution in [3.05, 3.63) is 194 Å². The number of benzene rings is 10. The lowest BCUT2D eigenvalue weighted by atomic mass is 9.89. The van der Waals surface area contributed by atoms with Crippen LogP contribution in [-0.4, -0.2) is 9.13 Å². The molecular formula is C54H32N2O. The van der Waals surface area contributed by atoms with E-state index in [4.69, 9.17) is 4.42 Å². The number of hydrogen-bond donors (Lipinski definition) is 0. The summed E-state index contributed by atoms with van der Waals surface area (Å²) in [6.45, 7) is 0. The predicted octanol–water partition coefficient (Wildman–Crippen LogP) is 14.9. The molecule has 13 aromatic rings. The SMILES string of the molecule is c1ccc(-n2c3ccccc3c3cc(-c4ccc(-n5c6ccccc6c6c7c8ccccc8c8ccccc8c7c7c8ccccc8oc7c65)cc4)ccc32)cc1. The van der Waals surface area contributed by atoms with E-state index < -0.39 is 0 Å². The maximum Gasteiger partial charge on any atom is 0.160 e. The molecule has 0 N–H and O–H groups in total. The van der Waals surface area contributed by atoms with E-state index in [2.05, 4.69) is 203 Å². The van der Waals surface area contributed by atoms with Gasteiger partial charge in [-0.1, -0.05) is 140 Å². The number of para-hydroxylation sites is 4. The van der Waals surface area contributed by atoms with Crippen LogP contribution in [-0.2, 0) is 0 Å². The molecule has 0 fully saturated rings. The summed E-state index contributed by atoms with van der Waals surface area (Å²) in [6, 6.07) is 70.5. The minimum absolute atomic E-state index is 0.898. The maximum absolute atomic E-state index is 7.01. The van der Waals surface area contributed by atoms with Gasteiger partial charge in [0, 0.05) is 54.5 Å². The van der Waals surface area contributed by atoms with E-state index in [9.17, 15) is 0 Å². The van der Waals surface area contributed by atoms with Gasteiger partial charge in [0.05, 0.1) is 22.1 Å². The Morgan fingerprint density at radius 3 is 1.53 bits per heavy atom. The Bertz CT molecular complexity index is 3790. The number of nitrogens with zero attached hydrogens (tertiary/aromatic N) is 2. The topological polar surface area (TPSA) is 23.0 Å². The van der Waals surface area contributed by atoms with E-state index in [-0.39, 0.29) is 0 Å². The van der Waals surface area contributed by atoms with Crippen LogP contribution in [0.5, 0.6) is 0 Å². The molecular weight excluding hydrogens is 693 g/mol. The van der Waals surface area contributed by atoms with E-state index in [1.807, 2.05) is 0 Å². The zero-order valence-electron chi connectivity index (χ0n) is 30.8. The van der Waals surface area contributed by atoms with E-state index in [0.717, 1.165) is 33.3 Å². The summed E-state index contributed by atoms with van der Waals surface area (Å²) < 4.78 is 11.8. The molecule has 0 radical (unpaired) electrons. The largest absolute Gasteiger partial charge is 0.454 e. The number of rotatable bonds is 3. The fourth-order valence-electron chi connectivity index (χ4n) is 9.91. The first-order chi connectivity index (χ1) is 28.3. The molecule has 10 aromatic carbocycles. The van der Waals surface area contributed by atoms with Crippen LogP contribution in [0.4, 0.5) is 0 Å². The van der Waals surface area contributed by atoms with E-state index in [0.29, 0.717) is 0 Å². The van der Waals surface area contributed by atoms with Gasteiger partial charge in [-0.25, -0.2) is 0 Å². The normalized spacial score (nSPS) is 12.2. The van der Waals surface area contributed by atoms with Gasteiger partial charge in [0.15, 0.2) is 5.58 Å². The zero-order valence-corrected chi connectivity index (χ0v) is 30.8. The second-order valence-electron chi connectivity index (χ2n) is 15.2. The summed E-state index contributed by atoms with van der Waals surface area (Å²) in [7, 11) is 0. The van der Waals surface area contributed by atoms with E-state index >= 15 is 0 Å². The highest BCUT2D eigenvalue weighted by Gasteiger charge is 2.25. The Labute approximate surface area is 326 Å². The van der Waals surface area contributed by atoms with Crippen LogP contribution in [0.15, 0.2) is 199 Å². The molecule has 0 amide bonds. The molecule has 13 rings (SSSR count). The molecule has 0 unspecified atom stereocenters. The van der Waals surface area contributed by atoms with Gasteiger partial charge < -0.3 is 13.6 Å². The van der Waals surface area contributed by atoms with Gasteiger partial charge in [0.25, 0.3) is 0 Å². The zero-order chi connectivity index (χ0) is 37.2. The second kappa shape index (κ2) is 11.5. The Hall–Kier alpha value is -7.62. The molecule has 3 heteroatoms. The highest BCUT2D eigenvalue weighted by molar-refractivity contribution is 6.44. The van der Waals surface area contributed by atoms with Crippen LogP contribution in [0, 0.1) is 0 Å². The van der Waals surface area contributed by atoms with Crippen molar-refractivity contribution in [3.63, 3.8) is 0 Å². The predicted molar refractivity (Wildman–Crippen MR) is 240 cm³/mol. The Morgan fingerprint density at radius 2 is 0.807 bits per heavy atom. The molecule has 0 aliphatic rings. The molecule has 0 saturated heterocycles. The summed E-state index contributed by atoms with van der Waals surface area (Å²) in [5.41, 5.74) is 11.1. The summed E-state index contributed by atoms with van der Waals surface area (Å²) in [5, 5.41) is 14.8. The molecule has 57 heavy (non-hydrogen) atoms. The first-order valence-electron chi connectivity index (χ1n) is 19.6. The van der Waals surface area contributed by atoms with Crippen molar-refractivity contribution in [1.82, 2.24) is 9.13 Å². The molecule has 0 aliphatic heterocycles. The lowest BCUT2D eigenvalue weighted by Gasteiger charge is -2.14. The third kappa shape index (κ3) is 4.15. The number of furan rings is 1. The Kier molecular flexibility index (Phi) is 6.16. The van der Waals surface area contributed by atoms with Crippen molar-refractivity contribution in [3.8, 4) is 22.5 Å². The monoisotopic (exact) mass is 724 g/mol. The molecule has 0 atom stereocenters. The average molecular weight is 725 g/mol. The first-order valence-corrected chi connectivity index (χ1v) is 19.6. The van der Waals surface area contributed by atoms with Gasteiger partial charge in [0.1, 0.15) is 5.58 Å². The van der Waals surface area contributed by atoms with E-state index in [1.54, 1.807) is 0 Å². The van der Waals surface area contributed by atoms with Gasteiger partial charge >= 0.3 is 0 Å². The lowest BCUT2D eigenvalue weighted by Crippen LogP contribution is -1.95. The first kappa shape index (κ1) is 30.7. The summed E-state index contributed by atoms with van der Waals surface area (Å²) in [6.07, 6.45) is 0. The van der Waals surface area contributed by atoms with Crippen molar-refractivity contribution in [2.45, 2.75) is 0 Å². The quantitative estimate of drug-likeness (QED) is 0.166. The molecule has 0 saturated carbocycles. The van der Waals surface area contributed by atoms with E-state index in [1.165, 1.54) is 87.1 Å². The lowest BCUT2D eigenvalue weighted by molar-refractivity contribution is 0.671. The summed E-state index contributed by atoms with van der Waals surface area (Å²) in [5.74, 6) is 0.